The molecule has 0 bridgehead atoms. The molecule has 7 heteroatoms. The molecular formula is C34H40O7. The number of aromatic hydroxyl groups is 1. The predicted octanol–water partition coefficient (Wildman–Crippen LogP) is 4.41. The van der Waals surface area contributed by atoms with E-state index in [1.165, 1.54) is 12.5 Å². The van der Waals surface area contributed by atoms with Crippen molar-refractivity contribution < 1.29 is 34.2 Å². The Morgan fingerprint density at radius 2 is 1.63 bits per heavy atom. The Hall–Kier alpha value is -3.11. The first-order valence-electron chi connectivity index (χ1n) is 14.8. The highest BCUT2D eigenvalue weighted by Crippen LogP contribution is 2.63. The largest absolute Gasteiger partial charge is 0.507 e. The Kier molecular flexibility index (Phi) is 6.78. The van der Waals surface area contributed by atoms with Crippen molar-refractivity contribution in [3.8, 4) is 17.6 Å². The summed E-state index contributed by atoms with van der Waals surface area (Å²) in [5, 5.41) is 22.9. The van der Waals surface area contributed by atoms with E-state index < -0.39 is 63.1 Å². The molecule has 4 aliphatic rings. The summed E-state index contributed by atoms with van der Waals surface area (Å²) in [6.45, 7) is 10.2. The Morgan fingerprint density at radius 3 is 2.22 bits per heavy atom. The minimum atomic E-state index is -2.69. The van der Waals surface area contributed by atoms with Gasteiger partial charge in [0, 0.05) is 22.3 Å². The first kappa shape index (κ1) is 29.4. The zero-order valence-corrected chi connectivity index (χ0v) is 24.8. The van der Waals surface area contributed by atoms with Crippen molar-refractivity contribution >= 4 is 28.9 Å². The van der Waals surface area contributed by atoms with E-state index >= 15 is 0 Å². The zero-order valence-electron chi connectivity index (χ0n) is 24.8. The first-order chi connectivity index (χ1) is 19.0. The van der Waals surface area contributed by atoms with E-state index in [1.807, 2.05) is 0 Å². The fourth-order valence-corrected chi connectivity index (χ4v) is 8.93. The monoisotopic (exact) mass is 560 g/mol. The van der Waals surface area contributed by atoms with Gasteiger partial charge in [0.1, 0.15) is 17.5 Å². The lowest BCUT2D eigenvalue weighted by Gasteiger charge is -2.61. The number of hydrogen-bond donors (Lipinski definition) is 2. The molecule has 0 radical (unpaired) electrons. The third kappa shape index (κ3) is 4.00. The average molecular weight is 561 g/mol. The lowest BCUT2D eigenvalue weighted by atomic mass is 9.40. The molecule has 3 saturated carbocycles. The van der Waals surface area contributed by atoms with Crippen molar-refractivity contribution in [3.63, 3.8) is 0 Å². The maximum absolute atomic E-state index is 14.3. The molecule has 3 fully saturated rings. The molecule has 41 heavy (non-hydrogen) atoms. The highest BCUT2D eigenvalue weighted by Gasteiger charge is 2.76. The van der Waals surface area contributed by atoms with E-state index in [1.54, 1.807) is 33.8 Å². The van der Waals surface area contributed by atoms with Crippen LogP contribution in [0.15, 0.2) is 12.1 Å². The van der Waals surface area contributed by atoms with Gasteiger partial charge in [-0.05, 0) is 68.6 Å². The van der Waals surface area contributed by atoms with Gasteiger partial charge in [-0.25, -0.2) is 0 Å². The number of ketones is 5. The van der Waals surface area contributed by atoms with Crippen LogP contribution in [0.3, 0.4) is 0 Å². The molecule has 3 unspecified atom stereocenters. The maximum atomic E-state index is 14.3. The molecule has 0 spiro atoms. The average Bonchev–Trinajstić information content (AvgIpc) is 2.85. The number of fused-ring (bicyclic) bond motifs is 3. The Labute approximate surface area is 241 Å². The van der Waals surface area contributed by atoms with Gasteiger partial charge in [0.15, 0.2) is 28.7 Å². The molecule has 0 aromatic heterocycles. The normalized spacial score (nSPS) is 36.1. The van der Waals surface area contributed by atoms with Gasteiger partial charge in [0.2, 0.25) is 0 Å². The molecule has 6 atom stereocenters. The number of hydrogen-bond acceptors (Lipinski definition) is 7. The second-order valence-corrected chi connectivity index (χ2v) is 14.2. The summed E-state index contributed by atoms with van der Waals surface area (Å²) in [5.41, 5.74) is -4.25. The van der Waals surface area contributed by atoms with Gasteiger partial charge >= 0.3 is 0 Å². The summed E-state index contributed by atoms with van der Waals surface area (Å²) in [7, 11) is 0. The van der Waals surface area contributed by atoms with E-state index in [0.29, 0.717) is 11.1 Å². The van der Waals surface area contributed by atoms with Crippen LogP contribution in [0.5, 0.6) is 5.75 Å². The van der Waals surface area contributed by atoms with E-state index in [-0.39, 0.29) is 35.5 Å². The molecule has 1 aromatic rings. The van der Waals surface area contributed by atoms with Gasteiger partial charge in [-0.3, -0.25) is 24.0 Å². The molecule has 2 N–H and O–H groups in total. The van der Waals surface area contributed by atoms with E-state index in [2.05, 4.69) is 18.8 Å². The third-order valence-electron chi connectivity index (χ3n) is 10.7. The van der Waals surface area contributed by atoms with Crippen LogP contribution in [0.1, 0.15) is 102 Å². The number of rotatable bonds is 2. The summed E-state index contributed by atoms with van der Waals surface area (Å²) in [6.07, 6.45) is 5.63. The summed E-state index contributed by atoms with van der Waals surface area (Å²) in [4.78, 5) is 68.4. The quantitative estimate of drug-likeness (QED) is 0.405. The molecule has 1 aromatic carbocycles. The molecule has 4 aliphatic carbocycles. The molecule has 0 aliphatic heterocycles. The lowest BCUT2D eigenvalue weighted by molar-refractivity contribution is -0.205. The predicted molar refractivity (Wildman–Crippen MR) is 151 cm³/mol. The number of phenols is 1. The van der Waals surface area contributed by atoms with Gasteiger partial charge in [-0.2, -0.15) is 0 Å². The Bertz CT molecular complexity index is 1450. The fraction of sp³-hybridized carbons (Fsp3) is 0.618. The summed E-state index contributed by atoms with van der Waals surface area (Å²) < 4.78 is 0. The third-order valence-corrected chi connectivity index (χ3v) is 10.7. The zero-order chi connectivity index (χ0) is 30.3. The highest BCUT2D eigenvalue weighted by molar-refractivity contribution is 6.32. The fourth-order valence-electron chi connectivity index (χ4n) is 8.93. The lowest BCUT2D eigenvalue weighted by Crippen LogP contribution is -2.76. The molecule has 0 saturated heterocycles. The van der Waals surface area contributed by atoms with Gasteiger partial charge in [-0.15, -0.1) is 0 Å². The van der Waals surface area contributed by atoms with E-state index in [9.17, 15) is 34.2 Å². The van der Waals surface area contributed by atoms with Crippen molar-refractivity contribution in [2.45, 2.75) is 92.1 Å². The molecular weight excluding hydrogens is 520 g/mol. The van der Waals surface area contributed by atoms with Crippen LogP contribution in [-0.2, 0) is 25.6 Å². The second kappa shape index (κ2) is 9.46. The first-order valence-corrected chi connectivity index (χ1v) is 14.8. The SMILES string of the molecule is CC(=O)C1C(=O)C(C(C)C)[C@@]2(C)C[C@@]3(C)Cc4c(C#CC5(C)CCCCC5)ccc(O)c4C(=O)C3C(=O)[C@@]2(O)C1=O. The molecule has 0 heterocycles. The summed E-state index contributed by atoms with van der Waals surface area (Å²) >= 11 is 0. The topological polar surface area (TPSA) is 126 Å². The van der Waals surface area contributed by atoms with Gasteiger partial charge < -0.3 is 10.2 Å². The summed E-state index contributed by atoms with van der Waals surface area (Å²) in [6, 6.07) is 3.11. The molecule has 218 valence electrons. The van der Waals surface area contributed by atoms with E-state index in [4.69, 9.17) is 0 Å². The van der Waals surface area contributed by atoms with Crippen LogP contribution in [0.2, 0.25) is 0 Å². The second-order valence-electron chi connectivity index (χ2n) is 14.2. The number of carbonyl (C=O) groups is 5. The van der Waals surface area contributed by atoms with Gasteiger partial charge in [0.25, 0.3) is 0 Å². The number of aliphatic hydroxyl groups is 1. The molecule has 0 amide bonds. The van der Waals surface area contributed by atoms with Gasteiger partial charge in [0.05, 0.1) is 11.5 Å². The van der Waals surface area contributed by atoms with Crippen molar-refractivity contribution in [2.75, 3.05) is 0 Å². The maximum Gasteiger partial charge on any atom is 0.190 e. The Balaban J connectivity index is 1.68. The highest BCUT2D eigenvalue weighted by atomic mass is 16.3. The van der Waals surface area contributed by atoms with E-state index in [0.717, 1.165) is 32.6 Å². The van der Waals surface area contributed by atoms with Crippen LogP contribution >= 0.6 is 0 Å². The number of carbonyl (C=O) groups excluding carboxylic acids is 5. The smallest absolute Gasteiger partial charge is 0.190 e. The van der Waals surface area contributed by atoms with Crippen LogP contribution in [0.4, 0.5) is 0 Å². The minimum absolute atomic E-state index is 0.00325. The molecule has 5 rings (SSSR count). The van der Waals surface area contributed by atoms with Crippen LogP contribution in [-0.4, -0.2) is 44.7 Å². The number of phenolic OH excluding ortho intramolecular Hbond substituents is 1. The number of benzene rings is 1. The standard InChI is InChI=1S/C34H40O7/c1-18(2)25-27(37)23(19(3)35)29(39)34(41)30(40)26-28(38)24-21(16-32(26,5)17-33(25,34)6)20(10-11-22(24)36)12-15-31(4)13-8-7-9-14-31/h10-11,18,23,25-26,36,41H,7-9,13-14,16-17H2,1-6H3/t23?,25?,26?,32-,33-,34+/m1/s1. The van der Waals surface area contributed by atoms with Crippen molar-refractivity contribution in [3.05, 3.63) is 28.8 Å². The van der Waals surface area contributed by atoms with Crippen molar-refractivity contribution in [1.29, 1.82) is 0 Å². The van der Waals surface area contributed by atoms with Crippen LogP contribution in [0.25, 0.3) is 0 Å². The van der Waals surface area contributed by atoms with Crippen LogP contribution < -0.4 is 0 Å². The number of Topliss-reactive ketones (excluding diaryl/α,β-unsaturated/α-hetero) is 5. The minimum Gasteiger partial charge on any atom is -0.507 e. The van der Waals surface area contributed by atoms with Crippen molar-refractivity contribution in [2.24, 2.45) is 39.9 Å². The van der Waals surface area contributed by atoms with Crippen LogP contribution in [0, 0.1) is 51.8 Å². The summed E-state index contributed by atoms with van der Waals surface area (Å²) in [5.74, 6) is -2.14. The van der Waals surface area contributed by atoms with Crippen molar-refractivity contribution in [1.82, 2.24) is 0 Å². The van der Waals surface area contributed by atoms with Gasteiger partial charge in [-0.1, -0.05) is 58.8 Å². The molecule has 7 nitrogen and oxygen atoms in total. The Morgan fingerprint density at radius 1 is 1.00 bits per heavy atom.